The van der Waals surface area contributed by atoms with Gasteiger partial charge < -0.3 is 15.8 Å². The maximum absolute atomic E-state index is 11.8. The minimum Gasteiger partial charge on any atom is -0.465 e. The van der Waals surface area contributed by atoms with E-state index in [4.69, 9.17) is 10.5 Å². The number of carbonyl (C=O) groups excluding carboxylic acids is 1. The van der Waals surface area contributed by atoms with Crippen molar-refractivity contribution in [3.05, 3.63) is 23.3 Å². The van der Waals surface area contributed by atoms with Crippen LogP contribution in [0.3, 0.4) is 0 Å². The lowest BCUT2D eigenvalue weighted by atomic mass is 9.84. The molecule has 0 unspecified atom stereocenters. The molecule has 3 N–H and O–H groups in total. The Morgan fingerprint density at radius 3 is 2.57 bits per heavy atom. The first-order chi connectivity index (χ1) is 10.0. The number of hydrogen-bond donors (Lipinski definition) is 2. The summed E-state index contributed by atoms with van der Waals surface area (Å²) in [6.07, 6.45) is 6.23. The highest BCUT2D eigenvalue weighted by Crippen LogP contribution is 2.30. The predicted molar refractivity (Wildman–Crippen MR) is 86.6 cm³/mol. The minimum absolute atomic E-state index is 0.381. The van der Waals surface area contributed by atoms with Crippen LogP contribution >= 0.6 is 0 Å². The molecule has 116 valence electrons. The molecule has 0 radical (unpaired) electrons. The number of nitrogens with two attached hydrogens (primary N) is 1. The molecular weight excluding hydrogens is 264 g/mol. The highest BCUT2D eigenvalue weighted by Gasteiger charge is 2.21. The van der Waals surface area contributed by atoms with Crippen LogP contribution in [0, 0.1) is 12.8 Å². The van der Waals surface area contributed by atoms with Gasteiger partial charge in [-0.25, -0.2) is 4.79 Å². The molecule has 0 heterocycles. The molecule has 1 saturated carbocycles. The summed E-state index contributed by atoms with van der Waals surface area (Å²) in [4.78, 5) is 11.8. The molecule has 1 aliphatic carbocycles. The first-order valence-corrected chi connectivity index (χ1v) is 7.80. The van der Waals surface area contributed by atoms with E-state index in [1.54, 1.807) is 6.07 Å². The molecule has 0 aliphatic heterocycles. The standard InChI is InChI=1S/C17H26N2O2/c1-4-12-5-7-13(8-6-12)19-14-9-11(2)16(18)15(10-14)17(20)21-3/h9-10,12-13,19H,4-8,18H2,1-3H3. The summed E-state index contributed by atoms with van der Waals surface area (Å²) in [5.41, 5.74) is 8.78. The van der Waals surface area contributed by atoms with E-state index >= 15 is 0 Å². The van der Waals surface area contributed by atoms with Gasteiger partial charge in [-0.3, -0.25) is 0 Å². The molecule has 0 saturated heterocycles. The Labute approximate surface area is 127 Å². The second-order valence-electron chi connectivity index (χ2n) is 6.02. The summed E-state index contributed by atoms with van der Waals surface area (Å²) in [7, 11) is 1.38. The van der Waals surface area contributed by atoms with Crippen LogP contribution in [0.5, 0.6) is 0 Å². The van der Waals surface area contributed by atoms with Crippen LogP contribution in [0.4, 0.5) is 11.4 Å². The average Bonchev–Trinajstić information content (AvgIpc) is 2.50. The van der Waals surface area contributed by atoms with Gasteiger partial charge in [-0.2, -0.15) is 0 Å². The van der Waals surface area contributed by atoms with E-state index in [1.165, 1.54) is 39.2 Å². The maximum Gasteiger partial charge on any atom is 0.340 e. The van der Waals surface area contributed by atoms with Crippen molar-refractivity contribution >= 4 is 17.3 Å². The molecule has 0 spiro atoms. The van der Waals surface area contributed by atoms with Crippen LogP contribution in [0.2, 0.25) is 0 Å². The van der Waals surface area contributed by atoms with Crippen molar-refractivity contribution in [2.45, 2.75) is 52.0 Å². The number of anilines is 2. The maximum atomic E-state index is 11.8. The van der Waals surface area contributed by atoms with Gasteiger partial charge in [0.25, 0.3) is 0 Å². The van der Waals surface area contributed by atoms with E-state index in [-0.39, 0.29) is 5.97 Å². The van der Waals surface area contributed by atoms with Crippen LogP contribution in [0.1, 0.15) is 54.9 Å². The monoisotopic (exact) mass is 290 g/mol. The summed E-state index contributed by atoms with van der Waals surface area (Å²) in [6.45, 7) is 4.19. The highest BCUT2D eigenvalue weighted by atomic mass is 16.5. The molecule has 1 aromatic rings. The molecule has 4 nitrogen and oxygen atoms in total. The summed E-state index contributed by atoms with van der Waals surface area (Å²) >= 11 is 0. The average molecular weight is 290 g/mol. The van der Waals surface area contributed by atoms with Gasteiger partial charge in [0.05, 0.1) is 12.7 Å². The van der Waals surface area contributed by atoms with Crippen molar-refractivity contribution in [2.75, 3.05) is 18.2 Å². The van der Waals surface area contributed by atoms with Crippen molar-refractivity contribution in [3.63, 3.8) is 0 Å². The molecular formula is C17H26N2O2. The molecule has 1 aromatic carbocycles. The lowest BCUT2D eigenvalue weighted by Crippen LogP contribution is -2.26. The quantitative estimate of drug-likeness (QED) is 0.655. The smallest absolute Gasteiger partial charge is 0.340 e. The normalized spacial score (nSPS) is 21.9. The molecule has 1 aliphatic rings. The van der Waals surface area contributed by atoms with Gasteiger partial charge in [-0.1, -0.05) is 13.3 Å². The summed E-state index contributed by atoms with van der Waals surface area (Å²) < 4.78 is 4.80. The Kier molecular flexibility index (Phi) is 5.10. The van der Waals surface area contributed by atoms with Crippen molar-refractivity contribution in [2.24, 2.45) is 5.92 Å². The van der Waals surface area contributed by atoms with Gasteiger partial charge in [0.1, 0.15) is 0 Å². The van der Waals surface area contributed by atoms with Gasteiger partial charge in [-0.15, -0.1) is 0 Å². The number of nitrogen functional groups attached to an aromatic ring is 1. The van der Waals surface area contributed by atoms with E-state index in [2.05, 4.69) is 12.2 Å². The second-order valence-corrected chi connectivity index (χ2v) is 6.02. The SMILES string of the molecule is CCC1CCC(Nc2cc(C)c(N)c(C(=O)OC)c2)CC1. The number of methoxy groups -OCH3 is 1. The number of esters is 1. The van der Waals surface area contributed by atoms with E-state index in [1.807, 2.05) is 13.0 Å². The number of benzene rings is 1. The fourth-order valence-corrected chi connectivity index (χ4v) is 3.11. The van der Waals surface area contributed by atoms with Gasteiger partial charge >= 0.3 is 5.97 Å². The van der Waals surface area contributed by atoms with E-state index in [0.29, 0.717) is 17.3 Å². The number of ether oxygens (including phenoxy) is 1. The fourth-order valence-electron chi connectivity index (χ4n) is 3.11. The molecule has 2 rings (SSSR count). The third kappa shape index (κ3) is 3.69. The van der Waals surface area contributed by atoms with Gasteiger partial charge in [0.2, 0.25) is 0 Å². The summed E-state index contributed by atoms with van der Waals surface area (Å²) in [5, 5.41) is 3.55. The lowest BCUT2D eigenvalue weighted by molar-refractivity contribution is 0.0602. The molecule has 0 bridgehead atoms. The van der Waals surface area contributed by atoms with Crippen molar-refractivity contribution in [3.8, 4) is 0 Å². The van der Waals surface area contributed by atoms with Crippen LogP contribution in [0.15, 0.2) is 12.1 Å². The molecule has 0 amide bonds. The number of nitrogens with one attached hydrogen (secondary N) is 1. The zero-order valence-corrected chi connectivity index (χ0v) is 13.2. The van der Waals surface area contributed by atoms with E-state index < -0.39 is 0 Å². The van der Waals surface area contributed by atoms with E-state index in [0.717, 1.165) is 17.2 Å². The van der Waals surface area contributed by atoms with E-state index in [9.17, 15) is 4.79 Å². The van der Waals surface area contributed by atoms with Crippen LogP contribution in [-0.4, -0.2) is 19.1 Å². The lowest BCUT2D eigenvalue weighted by Gasteiger charge is -2.29. The Morgan fingerprint density at radius 1 is 1.33 bits per heavy atom. The second kappa shape index (κ2) is 6.83. The van der Waals surface area contributed by atoms with Crippen LogP contribution in [-0.2, 0) is 4.74 Å². The summed E-state index contributed by atoms with van der Waals surface area (Å²) in [6, 6.07) is 4.30. The van der Waals surface area contributed by atoms with Crippen LogP contribution < -0.4 is 11.1 Å². The first kappa shape index (κ1) is 15.7. The summed E-state index contributed by atoms with van der Waals surface area (Å²) in [5.74, 6) is 0.496. The molecule has 1 fully saturated rings. The third-order valence-electron chi connectivity index (χ3n) is 4.59. The van der Waals surface area contributed by atoms with Crippen LogP contribution in [0.25, 0.3) is 0 Å². The Hall–Kier alpha value is -1.71. The highest BCUT2D eigenvalue weighted by molar-refractivity contribution is 5.97. The van der Waals surface area contributed by atoms with Crippen molar-refractivity contribution in [1.29, 1.82) is 0 Å². The number of rotatable bonds is 4. The zero-order valence-electron chi connectivity index (χ0n) is 13.2. The largest absolute Gasteiger partial charge is 0.465 e. The van der Waals surface area contributed by atoms with Crippen molar-refractivity contribution < 1.29 is 9.53 Å². The fraction of sp³-hybridized carbons (Fsp3) is 0.588. The molecule has 0 atom stereocenters. The predicted octanol–water partition coefficient (Wildman–Crippen LogP) is 3.74. The topological polar surface area (TPSA) is 64.3 Å². The first-order valence-electron chi connectivity index (χ1n) is 7.80. The third-order valence-corrected chi connectivity index (χ3v) is 4.59. The van der Waals surface area contributed by atoms with Crippen molar-refractivity contribution in [1.82, 2.24) is 0 Å². The molecule has 0 aromatic heterocycles. The van der Waals surface area contributed by atoms with Gasteiger partial charge in [-0.05, 0) is 56.2 Å². The Bertz CT molecular complexity index is 506. The Balaban J connectivity index is 2.10. The number of carbonyl (C=O) groups is 1. The minimum atomic E-state index is -0.381. The van der Waals surface area contributed by atoms with Gasteiger partial charge in [0, 0.05) is 17.4 Å². The zero-order chi connectivity index (χ0) is 15.4. The Morgan fingerprint density at radius 2 is 2.00 bits per heavy atom. The number of hydrogen-bond acceptors (Lipinski definition) is 4. The molecule has 4 heteroatoms. The van der Waals surface area contributed by atoms with Gasteiger partial charge in [0.15, 0.2) is 0 Å². The molecule has 21 heavy (non-hydrogen) atoms. The number of aryl methyl sites for hydroxylation is 1.